The maximum absolute atomic E-state index is 12.6. The summed E-state index contributed by atoms with van der Waals surface area (Å²) in [5.74, 6) is 3.34. The monoisotopic (exact) mass is 643 g/mol. The van der Waals surface area contributed by atoms with E-state index in [1.807, 2.05) is 41.7 Å². The molecule has 1 heterocycles. The number of anilines is 3. The first kappa shape index (κ1) is 32.1. The molecule has 0 radical (unpaired) electrons. The van der Waals surface area contributed by atoms with Gasteiger partial charge in [0.2, 0.25) is 5.43 Å². The summed E-state index contributed by atoms with van der Waals surface area (Å²) >= 11 is 3.83. The molecule has 8 nitrogen and oxygen atoms in total. The van der Waals surface area contributed by atoms with Crippen LogP contribution in [0.4, 0.5) is 17.1 Å². The number of nitrogens with zero attached hydrogens (tertiary/aromatic N) is 1. The number of phenolic OH excluding ortho intramolecular Hbond substituents is 1. The van der Waals surface area contributed by atoms with Crippen molar-refractivity contribution in [3.05, 3.63) is 94.1 Å². The van der Waals surface area contributed by atoms with Crippen LogP contribution < -0.4 is 21.4 Å². The summed E-state index contributed by atoms with van der Waals surface area (Å²) < 4.78 is 6.33. The molecule has 5 N–H and O–H groups in total. The van der Waals surface area contributed by atoms with Crippen LogP contribution in [0, 0.1) is 0 Å². The summed E-state index contributed by atoms with van der Waals surface area (Å²) in [5, 5.41) is 25.3. The Bertz CT molecular complexity index is 1830. The topological polar surface area (TPSA) is 129 Å². The number of carbonyl (C=O) groups is 1. The Hall–Kier alpha value is -4.28. The molecule has 5 rings (SSSR count). The first-order valence-corrected chi connectivity index (χ1v) is 17.2. The van der Waals surface area contributed by atoms with Gasteiger partial charge in [0.1, 0.15) is 17.1 Å². The van der Waals surface area contributed by atoms with Gasteiger partial charge in [-0.15, -0.1) is 0 Å². The molecule has 0 fully saturated rings. The van der Waals surface area contributed by atoms with Crippen LogP contribution in [0.3, 0.4) is 0 Å². The van der Waals surface area contributed by atoms with E-state index in [0.717, 1.165) is 47.5 Å². The van der Waals surface area contributed by atoms with Gasteiger partial charge in [0, 0.05) is 53.7 Å². The van der Waals surface area contributed by atoms with Crippen molar-refractivity contribution < 1.29 is 19.4 Å². The maximum Gasteiger partial charge on any atom is 0.336 e. The molecule has 3 aromatic carbocycles. The molecule has 0 saturated heterocycles. The van der Waals surface area contributed by atoms with Crippen molar-refractivity contribution in [2.24, 2.45) is 0 Å². The Labute approximate surface area is 271 Å². The number of nitrogen functional groups attached to an aromatic ring is 1. The number of carboxylic acid groups (broad SMARTS) is 1. The van der Waals surface area contributed by atoms with Gasteiger partial charge in [-0.3, -0.25) is 4.79 Å². The maximum atomic E-state index is 12.6. The van der Waals surface area contributed by atoms with Crippen molar-refractivity contribution in [1.29, 1.82) is 0 Å². The molecule has 0 spiro atoms. The largest absolute Gasteiger partial charge is 0.507 e. The lowest BCUT2D eigenvalue weighted by Gasteiger charge is -2.27. The average molecular weight is 644 g/mol. The van der Waals surface area contributed by atoms with Crippen molar-refractivity contribution in [3.63, 3.8) is 0 Å². The molecule has 0 atom stereocenters. The predicted molar refractivity (Wildman–Crippen MR) is 190 cm³/mol. The Morgan fingerprint density at radius 3 is 2.33 bits per heavy atom. The van der Waals surface area contributed by atoms with Gasteiger partial charge >= 0.3 is 5.97 Å². The number of nitrogens with two attached hydrogens (primary N) is 1. The molecular formula is C35H37N3O5S2. The highest BCUT2D eigenvalue weighted by molar-refractivity contribution is 7.99. The summed E-state index contributed by atoms with van der Waals surface area (Å²) in [6.45, 7) is 6.38. The summed E-state index contributed by atoms with van der Waals surface area (Å²) in [6, 6.07) is 21.0. The molecule has 10 heteroatoms. The minimum Gasteiger partial charge on any atom is -0.507 e. The minimum atomic E-state index is -1.09. The first-order chi connectivity index (χ1) is 21.8. The number of hydrogen-bond acceptors (Lipinski definition) is 9. The van der Waals surface area contributed by atoms with Gasteiger partial charge in [0.05, 0.1) is 28.2 Å². The number of thioether (sulfide) groups is 2. The second kappa shape index (κ2) is 14.7. The number of para-hydroxylation sites is 2. The molecule has 234 valence electrons. The minimum absolute atomic E-state index is 0.0152. The first-order valence-electron chi connectivity index (χ1n) is 14.9. The summed E-state index contributed by atoms with van der Waals surface area (Å²) in [7, 11) is 0. The second-order valence-corrected chi connectivity index (χ2v) is 13.2. The van der Waals surface area contributed by atoms with Crippen LogP contribution in [-0.2, 0) is 6.54 Å². The number of aromatic hydroxyl groups is 1. The van der Waals surface area contributed by atoms with Crippen LogP contribution in [0.2, 0.25) is 0 Å². The molecule has 2 aliphatic rings. The van der Waals surface area contributed by atoms with E-state index in [9.17, 15) is 19.8 Å². The van der Waals surface area contributed by atoms with Crippen LogP contribution in [0.1, 0.15) is 29.8 Å². The highest BCUT2D eigenvalue weighted by Gasteiger charge is 2.24. The van der Waals surface area contributed by atoms with Crippen molar-refractivity contribution >= 4 is 57.5 Å². The molecule has 0 bridgehead atoms. The summed E-state index contributed by atoms with van der Waals surface area (Å²) in [4.78, 5) is 27.3. The van der Waals surface area contributed by atoms with Gasteiger partial charge in [-0.05, 0) is 53.5 Å². The second-order valence-electron chi connectivity index (χ2n) is 10.4. The number of benzene rings is 4. The zero-order valence-electron chi connectivity index (χ0n) is 25.3. The van der Waals surface area contributed by atoms with E-state index in [0.29, 0.717) is 33.2 Å². The summed E-state index contributed by atoms with van der Waals surface area (Å²) in [6.07, 6.45) is 0. The van der Waals surface area contributed by atoms with Gasteiger partial charge in [-0.2, -0.15) is 23.5 Å². The van der Waals surface area contributed by atoms with Gasteiger partial charge in [-0.25, -0.2) is 4.79 Å². The number of carboxylic acids is 1. The standard InChI is InChI=1S/C35H37N3O5S2/c1-3-44-17-15-38(16-18-45-4-2)29-12-8-7-11-28(29)37-21-26-30(39)14-13-24-33(22-9-5-6-10-23(22)35(41)42)25-19-27(36)31(40)20-32(25)43-34(24)26/h5-14,19-20,37,39H,3-4,15-18,21,36H2,1-2H3,(H,41,42). The van der Waals surface area contributed by atoms with Crippen LogP contribution in [0.15, 0.2) is 82.0 Å². The lowest BCUT2D eigenvalue weighted by Crippen LogP contribution is -2.29. The molecule has 0 amide bonds. The van der Waals surface area contributed by atoms with Crippen molar-refractivity contribution in [2.45, 2.75) is 20.4 Å². The quantitative estimate of drug-likeness (QED) is 0.0549. The fourth-order valence-electron chi connectivity index (χ4n) is 5.47. The van der Waals surface area contributed by atoms with E-state index in [4.69, 9.17) is 10.2 Å². The van der Waals surface area contributed by atoms with E-state index in [-0.39, 0.29) is 29.3 Å². The molecule has 0 aromatic heterocycles. The number of fused-ring (bicyclic) bond motifs is 2. The molecule has 0 saturated carbocycles. The number of rotatable bonds is 14. The molecule has 0 unspecified atom stereocenters. The normalized spacial score (nSPS) is 11.2. The van der Waals surface area contributed by atoms with Gasteiger partial charge in [-0.1, -0.05) is 44.2 Å². The van der Waals surface area contributed by atoms with E-state index in [2.05, 4.69) is 30.1 Å². The molecule has 1 aliphatic heterocycles. The van der Waals surface area contributed by atoms with Gasteiger partial charge < -0.3 is 30.6 Å². The van der Waals surface area contributed by atoms with Crippen LogP contribution in [0.25, 0.3) is 33.4 Å². The van der Waals surface area contributed by atoms with Crippen molar-refractivity contribution in [1.82, 2.24) is 0 Å². The molecule has 1 aliphatic carbocycles. The van der Waals surface area contributed by atoms with E-state index in [1.165, 1.54) is 18.2 Å². The molecule has 3 aromatic rings. The predicted octanol–water partition coefficient (Wildman–Crippen LogP) is 7.48. The third-order valence-corrected chi connectivity index (χ3v) is 9.40. The van der Waals surface area contributed by atoms with Gasteiger partial charge in [0.25, 0.3) is 0 Å². The fraction of sp³-hybridized carbons (Fsp3) is 0.257. The third kappa shape index (κ3) is 7.02. The lowest BCUT2D eigenvalue weighted by molar-refractivity contribution is 0.0697. The van der Waals surface area contributed by atoms with Crippen LogP contribution in [-0.4, -0.2) is 52.3 Å². The Balaban J connectivity index is 1.62. The van der Waals surface area contributed by atoms with E-state index in [1.54, 1.807) is 30.3 Å². The number of aromatic carboxylic acids is 1. The van der Waals surface area contributed by atoms with E-state index >= 15 is 0 Å². The highest BCUT2D eigenvalue weighted by atomic mass is 32.2. The zero-order chi connectivity index (χ0) is 31.9. The molecule has 45 heavy (non-hydrogen) atoms. The van der Waals surface area contributed by atoms with Gasteiger partial charge in [0.15, 0.2) is 0 Å². The summed E-state index contributed by atoms with van der Waals surface area (Å²) in [5.41, 5.74) is 10.1. The number of phenols is 1. The van der Waals surface area contributed by atoms with Crippen LogP contribution in [0.5, 0.6) is 5.75 Å². The Morgan fingerprint density at radius 2 is 1.62 bits per heavy atom. The Kier molecular flexibility index (Phi) is 10.5. The Morgan fingerprint density at radius 1 is 0.933 bits per heavy atom. The SMILES string of the molecule is CCSCCN(CCSCC)c1ccccc1NCc1c(O)ccc2c(-c3ccccc3C(=O)O)c3cc(N)c(=O)cc-3oc12. The zero-order valence-corrected chi connectivity index (χ0v) is 27.0. The number of hydrogen-bond donors (Lipinski definition) is 4. The highest BCUT2D eigenvalue weighted by Crippen LogP contribution is 2.44. The third-order valence-electron chi connectivity index (χ3n) is 7.64. The van der Waals surface area contributed by atoms with Crippen LogP contribution >= 0.6 is 23.5 Å². The van der Waals surface area contributed by atoms with E-state index < -0.39 is 11.4 Å². The smallest absolute Gasteiger partial charge is 0.336 e. The fourth-order valence-corrected chi connectivity index (χ4v) is 6.74. The van der Waals surface area contributed by atoms with Crippen molar-refractivity contribution in [2.75, 3.05) is 52.1 Å². The lowest BCUT2D eigenvalue weighted by atomic mass is 9.89. The average Bonchev–Trinajstić information content (AvgIpc) is 3.04. The number of nitrogens with one attached hydrogen (secondary N) is 1. The molecular weight excluding hydrogens is 607 g/mol. The van der Waals surface area contributed by atoms with Crippen molar-refractivity contribution in [3.8, 4) is 28.2 Å².